The van der Waals surface area contributed by atoms with E-state index in [4.69, 9.17) is 9.47 Å². The zero-order valence-corrected chi connectivity index (χ0v) is 11.8. The summed E-state index contributed by atoms with van der Waals surface area (Å²) < 4.78 is 10.0. The fourth-order valence-corrected chi connectivity index (χ4v) is 2.02. The minimum absolute atomic E-state index is 0.159. The molecule has 0 saturated carbocycles. The summed E-state index contributed by atoms with van der Waals surface area (Å²) in [5.74, 6) is -2.47. The molecular formula is C15H16O5. The van der Waals surface area contributed by atoms with Crippen molar-refractivity contribution < 1.29 is 24.2 Å². The number of hydrogen-bond donors (Lipinski definition) is 1. The van der Waals surface area contributed by atoms with E-state index in [-0.39, 0.29) is 11.3 Å². The molecule has 2 rings (SSSR count). The highest BCUT2D eigenvalue weighted by molar-refractivity contribution is 6.18. The van der Waals surface area contributed by atoms with Crippen molar-refractivity contribution in [3.8, 4) is 5.75 Å². The van der Waals surface area contributed by atoms with E-state index in [0.717, 1.165) is 0 Å². The van der Waals surface area contributed by atoms with Crippen LogP contribution >= 0.6 is 0 Å². The topological polar surface area (TPSA) is 72.8 Å². The minimum atomic E-state index is -1.24. The Morgan fingerprint density at radius 1 is 1.05 bits per heavy atom. The molecular weight excluding hydrogens is 260 g/mol. The summed E-state index contributed by atoms with van der Waals surface area (Å²) in [6.07, 6.45) is 1.40. The van der Waals surface area contributed by atoms with Crippen molar-refractivity contribution in [2.45, 2.75) is 33.5 Å². The number of cyclic esters (lactones) is 2. The summed E-state index contributed by atoms with van der Waals surface area (Å²) in [6.45, 7) is 6.47. The zero-order chi connectivity index (χ0) is 15.1. The molecule has 0 atom stereocenters. The molecule has 1 aliphatic rings. The van der Waals surface area contributed by atoms with Gasteiger partial charge in [-0.1, -0.05) is 0 Å². The number of phenolic OH excluding ortho intramolecular Hbond substituents is 1. The van der Waals surface area contributed by atoms with Crippen molar-refractivity contribution in [3.63, 3.8) is 0 Å². The summed E-state index contributed by atoms with van der Waals surface area (Å²) in [6, 6.07) is 3.35. The normalized spacial score (nSPS) is 17.5. The van der Waals surface area contributed by atoms with Crippen LogP contribution in [-0.2, 0) is 19.1 Å². The number of carbonyl (C=O) groups excluding carboxylic acids is 2. The summed E-state index contributed by atoms with van der Waals surface area (Å²) in [5, 5.41) is 9.71. The van der Waals surface area contributed by atoms with Gasteiger partial charge in [-0.05, 0) is 48.7 Å². The van der Waals surface area contributed by atoms with Gasteiger partial charge in [0.25, 0.3) is 5.79 Å². The number of aromatic hydroxyl groups is 1. The molecule has 5 nitrogen and oxygen atoms in total. The van der Waals surface area contributed by atoms with Crippen LogP contribution < -0.4 is 0 Å². The molecule has 0 amide bonds. The molecule has 1 aromatic carbocycles. The molecule has 0 unspecified atom stereocenters. The van der Waals surface area contributed by atoms with E-state index in [9.17, 15) is 14.7 Å². The lowest BCUT2D eigenvalue weighted by Crippen LogP contribution is -2.41. The van der Waals surface area contributed by atoms with Crippen LogP contribution in [0.15, 0.2) is 17.7 Å². The zero-order valence-electron chi connectivity index (χ0n) is 11.8. The highest BCUT2D eigenvalue weighted by Gasteiger charge is 2.38. The minimum Gasteiger partial charge on any atom is -0.507 e. The third-order valence-electron chi connectivity index (χ3n) is 2.94. The van der Waals surface area contributed by atoms with Crippen LogP contribution in [0.3, 0.4) is 0 Å². The molecule has 20 heavy (non-hydrogen) atoms. The summed E-state index contributed by atoms with van der Waals surface area (Å²) in [7, 11) is 0. The SMILES string of the molecule is Cc1cc(C=C2C(=O)OC(C)(C)OC2=O)cc(C)c1O. The van der Waals surface area contributed by atoms with E-state index in [1.807, 2.05) is 0 Å². The first kappa shape index (κ1) is 14.1. The highest BCUT2D eigenvalue weighted by atomic mass is 16.7. The Hall–Kier alpha value is -2.30. The third kappa shape index (κ3) is 2.66. The second kappa shape index (κ2) is 4.67. The van der Waals surface area contributed by atoms with Gasteiger partial charge >= 0.3 is 11.9 Å². The molecule has 0 bridgehead atoms. The fraction of sp³-hybridized carbons (Fsp3) is 0.333. The van der Waals surface area contributed by atoms with E-state index >= 15 is 0 Å². The van der Waals surface area contributed by atoms with Crippen molar-refractivity contribution in [2.75, 3.05) is 0 Å². The molecule has 5 heteroatoms. The van der Waals surface area contributed by atoms with Crippen LogP contribution in [0, 0.1) is 13.8 Å². The molecule has 1 heterocycles. The van der Waals surface area contributed by atoms with Gasteiger partial charge in [0.15, 0.2) is 0 Å². The lowest BCUT2D eigenvalue weighted by Gasteiger charge is -2.29. The van der Waals surface area contributed by atoms with Crippen molar-refractivity contribution in [2.24, 2.45) is 0 Å². The number of aryl methyl sites for hydroxylation is 2. The highest BCUT2D eigenvalue weighted by Crippen LogP contribution is 2.27. The molecule has 0 radical (unpaired) electrons. The quantitative estimate of drug-likeness (QED) is 0.484. The van der Waals surface area contributed by atoms with Crippen LogP contribution in [0.4, 0.5) is 0 Å². The average molecular weight is 276 g/mol. The number of ether oxygens (including phenoxy) is 2. The van der Waals surface area contributed by atoms with Crippen LogP contribution in [0.25, 0.3) is 6.08 Å². The van der Waals surface area contributed by atoms with Gasteiger partial charge in [-0.2, -0.15) is 0 Å². The van der Waals surface area contributed by atoms with Crippen LogP contribution in [0.1, 0.15) is 30.5 Å². The molecule has 1 aliphatic heterocycles. The molecule has 0 aliphatic carbocycles. The second-order valence-electron chi connectivity index (χ2n) is 5.24. The predicted molar refractivity (Wildman–Crippen MR) is 71.8 cm³/mol. The van der Waals surface area contributed by atoms with Gasteiger partial charge in [0.05, 0.1) is 0 Å². The summed E-state index contributed by atoms with van der Waals surface area (Å²) in [4.78, 5) is 23.6. The Labute approximate surface area is 116 Å². The maximum Gasteiger partial charge on any atom is 0.348 e. The Balaban J connectivity index is 2.41. The molecule has 0 aromatic heterocycles. The van der Waals surface area contributed by atoms with Gasteiger partial charge in [-0.15, -0.1) is 0 Å². The Kier molecular flexibility index (Phi) is 3.29. The number of rotatable bonds is 1. The lowest BCUT2D eigenvalue weighted by atomic mass is 10.0. The van der Waals surface area contributed by atoms with Gasteiger partial charge in [-0.25, -0.2) is 9.59 Å². The molecule has 1 saturated heterocycles. The first-order valence-electron chi connectivity index (χ1n) is 6.18. The third-order valence-corrected chi connectivity index (χ3v) is 2.94. The predicted octanol–water partition coefficient (Wildman–Crippen LogP) is 2.23. The number of esters is 2. The molecule has 1 fully saturated rings. The molecule has 1 N–H and O–H groups in total. The standard InChI is InChI=1S/C15H16O5/c1-8-5-10(6-9(2)12(8)16)7-11-13(17)19-15(3,4)20-14(11)18/h5-7,16H,1-4H3. The Morgan fingerprint density at radius 3 is 1.95 bits per heavy atom. The van der Waals surface area contributed by atoms with Gasteiger partial charge in [-0.3, -0.25) is 0 Å². The van der Waals surface area contributed by atoms with E-state index in [2.05, 4.69) is 0 Å². The fourth-order valence-electron chi connectivity index (χ4n) is 2.02. The summed E-state index contributed by atoms with van der Waals surface area (Å²) >= 11 is 0. The number of carbonyl (C=O) groups is 2. The molecule has 106 valence electrons. The number of hydrogen-bond acceptors (Lipinski definition) is 5. The number of benzene rings is 1. The average Bonchev–Trinajstić information content (AvgIpc) is 2.29. The second-order valence-corrected chi connectivity index (χ2v) is 5.24. The van der Waals surface area contributed by atoms with Crippen LogP contribution in [-0.4, -0.2) is 22.8 Å². The monoisotopic (exact) mass is 276 g/mol. The summed E-state index contributed by atoms with van der Waals surface area (Å²) in [5.41, 5.74) is 1.79. The van der Waals surface area contributed by atoms with Gasteiger partial charge in [0.2, 0.25) is 0 Å². The van der Waals surface area contributed by atoms with Crippen LogP contribution in [0.5, 0.6) is 5.75 Å². The Morgan fingerprint density at radius 2 is 1.50 bits per heavy atom. The van der Waals surface area contributed by atoms with Crippen molar-refractivity contribution in [1.82, 2.24) is 0 Å². The van der Waals surface area contributed by atoms with Gasteiger partial charge in [0, 0.05) is 13.8 Å². The molecule has 1 aromatic rings. The molecule has 0 spiro atoms. The maximum atomic E-state index is 11.8. The van der Waals surface area contributed by atoms with Crippen molar-refractivity contribution in [1.29, 1.82) is 0 Å². The maximum absolute atomic E-state index is 11.8. The largest absolute Gasteiger partial charge is 0.507 e. The first-order valence-corrected chi connectivity index (χ1v) is 6.18. The van der Waals surface area contributed by atoms with Crippen LogP contribution in [0.2, 0.25) is 0 Å². The lowest BCUT2D eigenvalue weighted by molar-refractivity contribution is -0.222. The first-order chi connectivity index (χ1) is 9.19. The van der Waals surface area contributed by atoms with E-state index in [1.54, 1.807) is 26.0 Å². The number of phenols is 1. The smallest absolute Gasteiger partial charge is 0.348 e. The van der Waals surface area contributed by atoms with Crippen molar-refractivity contribution in [3.05, 3.63) is 34.4 Å². The van der Waals surface area contributed by atoms with E-state index < -0.39 is 17.7 Å². The van der Waals surface area contributed by atoms with Gasteiger partial charge in [0.1, 0.15) is 11.3 Å². The van der Waals surface area contributed by atoms with Crippen molar-refractivity contribution >= 4 is 18.0 Å². The Bertz CT molecular complexity index is 580. The van der Waals surface area contributed by atoms with E-state index in [0.29, 0.717) is 16.7 Å². The van der Waals surface area contributed by atoms with Gasteiger partial charge < -0.3 is 14.6 Å². The van der Waals surface area contributed by atoms with E-state index in [1.165, 1.54) is 19.9 Å².